The molecular formula is C9H17NO. The van der Waals surface area contributed by atoms with Crippen LogP contribution in [0.3, 0.4) is 0 Å². The molecule has 2 nitrogen and oxygen atoms in total. The van der Waals surface area contributed by atoms with Gasteiger partial charge in [-0.2, -0.15) is 0 Å². The minimum atomic E-state index is -0.289. The number of hydrogen-bond acceptors (Lipinski definition) is 2. The molecule has 1 saturated heterocycles. The van der Waals surface area contributed by atoms with E-state index in [0.717, 1.165) is 13.0 Å². The maximum Gasteiger partial charge on any atom is 0.0876 e. The quantitative estimate of drug-likeness (QED) is 0.584. The molecule has 0 aromatic carbocycles. The molecule has 11 heavy (non-hydrogen) atoms. The fourth-order valence-electron chi connectivity index (χ4n) is 1.46. The van der Waals surface area contributed by atoms with Crippen LogP contribution in [0.25, 0.3) is 0 Å². The average molecular weight is 155 g/mol. The molecule has 0 bridgehead atoms. The fourth-order valence-corrected chi connectivity index (χ4v) is 1.46. The molecule has 1 unspecified atom stereocenters. The summed E-state index contributed by atoms with van der Waals surface area (Å²) in [7, 11) is 0. The highest BCUT2D eigenvalue weighted by atomic mass is 16.3. The van der Waals surface area contributed by atoms with Gasteiger partial charge >= 0.3 is 0 Å². The molecule has 0 saturated carbocycles. The van der Waals surface area contributed by atoms with E-state index in [-0.39, 0.29) is 6.10 Å². The molecule has 0 aromatic rings. The topological polar surface area (TPSA) is 32.3 Å². The first kappa shape index (κ1) is 8.75. The first-order valence-electron chi connectivity index (χ1n) is 4.26. The molecule has 64 valence electrons. The van der Waals surface area contributed by atoms with Crippen LogP contribution in [0.4, 0.5) is 0 Å². The van der Waals surface area contributed by atoms with E-state index in [0.29, 0.717) is 6.04 Å². The molecule has 1 heterocycles. The summed E-state index contributed by atoms with van der Waals surface area (Å²) in [5, 5.41) is 12.8. The third kappa shape index (κ3) is 2.64. The minimum Gasteiger partial charge on any atom is -0.387 e. The summed E-state index contributed by atoms with van der Waals surface area (Å²) in [4.78, 5) is 0. The van der Waals surface area contributed by atoms with Crippen LogP contribution < -0.4 is 5.32 Å². The molecule has 0 aliphatic carbocycles. The Morgan fingerprint density at radius 2 is 2.36 bits per heavy atom. The fraction of sp³-hybridized carbons (Fsp3) is 0.778. The zero-order valence-corrected chi connectivity index (χ0v) is 7.30. The number of nitrogens with one attached hydrogen (secondary N) is 1. The van der Waals surface area contributed by atoms with E-state index in [2.05, 4.69) is 5.32 Å². The van der Waals surface area contributed by atoms with Gasteiger partial charge in [-0.3, -0.25) is 0 Å². The van der Waals surface area contributed by atoms with Crippen LogP contribution in [0.15, 0.2) is 11.6 Å². The molecule has 1 fully saturated rings. The van der Waals surface area contributed by atoms with E-state index in [1.54, 1.807) is 0 Å². The Kier molecular flexibility index (Phi) is 3.09. The second-order valence-electron chi connectivity index (χ2n) is 3.44. The first-order valence-corrected chi connectivity index (χ1v) is 4.26. The Labute approximate surface area is 68.3 Å². The lowest BCUT2D eigenvalue weighted by Gasteiger charge is -2.14. The van der Waals surface area contributed by atoms with Gasteiger partial charge in [-0.1, -0.05) is 11.6 Å². The van der Waals surface area contributed by atoms with Gasteiger partial charge in [0.05, 0.1) is 6.10 Å². The van der Waals surface area contributed by atoms with Gasteiger partial charge < -0.3 is 10.4 Å². The van der Waals surface area contributed by atoms with Gasteiger partial charge in [0.15, 0.2) is 0 Å². The van der Waals surface area contributed by atoms with E-state index in [4.69, 9.17) is 0 Å². The molecule has 1 aliphatic rings. The smallest absolute Gasteiger partial charge is 0.0876 e. The van der Waals surface area contributed by atoms with Gasteiger partial charge in [0.2, 0.25) is 0 Å². The van der Waals surface area contributed by atoms with E-state index < -0.39 is 0 Å². The lowest BCUT2D eigenvalue weighted by Crippen LogP contribution is -2.33. The van der Waals surface area contributed by atoms with E-state index in [1.807, 2.05) is 19.9 Å². The zero-order chi connectivity index (χ0) is 8.27. The summed E-state index contributed by atoms with van der Waals surface area (Å²) in [6.45, 7) is 5.08. The van der Waals surface area contributed by atoms with Crippen molar-refractivity contribution in [2.45, 2.75) is 38.8 Å². The van der Waals surface area contributed by atoms with Gasteiger partial charge in [-0.05, 0) is 33.2 Å². The largest absolute Gasteiger partial charge is 0.387 e. The van der Waals surface area contributed by atoms with Crippen LogP contribution in [0.2, 0.25) is 0 Å². The summed E-state index contributed by atoms with van der Waals surface area (Å²) in [6.07, 6.45) is 3.93. The molecule has 0 spiro atoms. The molecule has 0 radical (unpaired) electrons. The molecule has 2 heteroatoms. The third-order valence-corrected chi connectivity index (χ3v) is 2.01. The van der Waals surface area contributed by atoms with Gasteiger partial charge in [-0.15, -0.1) is 0 Å². The highest BCUT2D eigenvalue weighted by Gasteiger charge is 2.20. The maximum atomic E-state index is 9.58. The minimum absolute atomic E-state index is 0.289. The van der Waals surface area contributed by atoms with Gasteiger partial charge in [0.25, 0.3) is 0 Å². The van der Waals surface area contributed by atoms with Gasteiger partial charge in [0.1, 0.15) is 0 Å². The van der Waals surface area contributed by atoms with Crippen LogP contribution in [-0.2, 0) is 0 Å². The Hall–Kier alpha value is -0.340. The van der Waals surface area contributed by atoms with Crippen LogP contribution in [-0.4, -0.2) is 23.8 Å². The Morgan fingerprint density at radius 1 is 1.64 bits per heavy atom. The van der Waals surface area contributed by atoms with Crippen LogP contribution in [0, 0.1) is 0 Å². The van der Waals surface area contributed by atoms with Crippen molar-refractivity contribution in [1.29, 1.82) is 0 Å². The van der Waals surface area contributed by atoms with Crippen LogP contribution in [0.1, 0.15) is 26.7 Å². The monoisotopic (exact) mass is 155 g/mol. The van der Waals surface area contributed by atoms with Gasteiger partial charge in [-0.25, -0.2) is 0 Å². The second kappa shape index (κ2) is 3.88. The molecule has 1 aliphatic heterocycles. The summed E-state index contributed by atoms with van der Waals surface area (Å²) in [6, 6.07) is 0.296. The predicted molar refractivity (Wildman–Crippen MR) is 46.5 cm³/mol. The van der Waals surface area contributed by atoms with E-state index in [9.17, 15) is 5.11 Å². The van der Waals surface area contributed by atoms with Crippen molar-refractivity contribution in [3.05, 3.63) is 11.6 Å². The van der Waals surface area contributed by atoms with Crippen molar-refractivity contribution in [3.8, 4) is 0 Å². The van der Waals surface area contributed by atoms with Crippen molar-refractivity contribution >= 4 is 0 Å². The van der Waals surface area contributed by atoms with Crippen molar-refractivity contribution in [3.63, 3.8) is 0 Å². The normalized spacial score (nSPS) is 26.6. The van der Waals surface area contributed by atoms with Crippen LogP contribution in [0.5, 0.6) is 0 Å². The molecule has 2 atom stereocenters. The summed E-state index contributed by atoms with van der Waals surface area (Å²) in [5.41, 5.74) is 1.19. The average Bonchev–Trinajstić information content (AvgIpc) is 2.35. The number of allylic oxidation sites excluding steroid dienone is 1. The lowest BCUT2D eigenvalue weighted by atomic mass is 10.1. The maximum absolute atomic E-state index is 9.58. The SMILES string of the molecule is CC(C)=CC(O)[C@@H]1CCCN1. The third-order valence-electron chi connectivity index (χ3n) is 2.01. The Morgan fingerprint density at radius 3 is 2.82 bits per heavy atom. The zero-order valence-electron chi connectivity index (χ0n) is 7.30. The van der Waals surface area contributed by atoms with Crippen molar-refractivity contribution < 1.29 is 5.11 Å². The van der Waals surface area contributed by atoms with Crippen LogP contribution >= 0.6 is 0 Å². The Bertz CT molecular complexity index is 144. The summed E-state index contributed by atoms with van der Waals surface area (Å²) >= 11 is 0. The Balaban J connectivity index is 2.40. The molecule has 0 aromatic heterocycles. The first-order chi connectivity index (χ1) is 5.20. The van der Waals surface area contributed by atoms with Crippen molar-refractivity contribution in [1.82, 2.24) is 5.32 Å². The standard InChI is InChI=1S/C9H17NO/c1-7(2)6-9(11)8-4-3-5-10-8/h6,8-11H,3-5H2,1-2H3/t8-,9?/m0/s1. The lowest BCUT2D eigenvalue weighted by molar-refractivity contribution is 0.180. The van der Waals surface area contributed by atoms with E-state index >= 15 is 0 Å². The summed E-state index contributed by atoms with van der Waals surface area (Å²) < 4.78 is 0. The highest BCUT2D eigenvalue weighted by Crippen LogP contribution is 2.11. The molecule has 2 N–H and O–H groups in total. The number of aliphatic hydroxyl groups excluding tert-OH is 1. The van der Waals surface area contributed by atoms with Crippen molar-refractivity contribution in [2.24, 2.45) is 0 Å². The summed E-state index contributed by atoms with van der Waals surface area (Å²) in [5.74, 6) is 0. The molecule has 0 amide bonds. The number of hydrogen-bond donors (Lipinski definition) is 2. The van der Waals surface area contributed by atoms with Gasteiger partial charge in [0, 0.05) is 6.04 Å². The second-order valence-corrected chi connectivity index (χ2v) is 3.44. The molecular weight excluding hydrogens is 138 g/mol. The highest BCUT2D eigenvalue weighted by molar-refractivity contribution is 5.02. The van der Waals surface area contributed by atoms with Crippen molar-refractivity contribution in [2.75, 3.05) is 6.54 Å². The molecule has 1 rings (SSSR count). The number of aliphatic hydroxyl groups is 1. The van der Waals surface area contributed by atoms with E-state index in [1.165, 1.54) is 12.0 Å². The number of rotatable bonds is 2. The predicted octanol–water partition coefficient (Wildman–Crippen LogP) is 1.07.